The molecular weight excluding hydrogens is 250 g/mol. The van der Waals surface area contributed by atoms with Crippen molar-refractivity contribution in [3.63, 3.8) is 0 Å². The molecule has 0 spiro atoms. The van der Waals surface area contributed by atoms with E-state index in [1.807, 2.05) is 0 Å². The van der Waals surface area contributed by atoms with Gasteiger partial charge in [-0.3, -0.25) is 4.79 Å². The maximum Gasteiger partial charge on any atom is 0.269 e. The van der Waals surface area contributed by atoms with Crippen LogP contribution < -0.4 is 5.32 Å². The molecule has 1 aromatic heterocycles. The first-order valence-electron chi connectivity index (χ1n) is 8.11. The summed E-state index contributed by atoms with van der Waals surface area (Å²) >= 11 is 0. The molecule has 0 bridgehead atoms. The van der Waals surface area contributed by atoms with Gasteiger partial charge < -0.3 is 10.3 Å². The number of hydrogen-bond donors (Lipinski definition) is 2. The Morgan fingerprint density at radius 2 is 1.65 bits per heavy atom. The van der Waals surface area contributed by atoms with E-state index in [2.05, 4.69) is 22.2 Å². The topological polar surface area (TPSA) is 57.8 Å². The Morgan fingerprint density at radius 1 is 1.05 bits per heavy atom. The first kappa shape index (κ1) is 16.7. The third-order valence-electron chi connectivity index (χ3n) is 3.56. The number of carbonyl (C=O) groups is 1. The van der Waals surface area contributed by atoms with Gasteiger partial charge in [0.15, 0.2) is 0 Å². The maximum atomic E-state index is 11.6. The Bertz CT molecular complexity index is 336. The Labute approximate surface area is 122 Å². The fourth-order valence-corrected chi connectivity index (χ4v) is 2.29. The van der Waals surface area contributed by atoms with Crippen LogP contribution >= 0.6 is 0 Å². The van der Waals surface area contributed by atoms with E-state index in [1.54, 1.807) is 6.20 Å². The number of aromatic amines is 1. The van der Waals surface area contributed by atoms with Crippen LogP contribution in [0, 0.1) is 0 Å². The molecule has 0 atom stereocenters. The molecule has 0 aliphatic carbocycles. The van der Waals surface area contributed by atoms with Crippen molar-refractivity contribution in [3.05, 3.63) is 18.2 Å². The molecule has 1 heterocycles. The molecule has 0 aliphatic rings. The predicted octanol–water partition coefficient (Wildman–Crippen LogP) is 4.06. The highest BCUT2D eigenvalue weighted by molar-refractivity contribution is 5.91. The monoisotopic (exact) mass is 279 g/mol. The highest BCUT2D eigenvalue weighted by Crippen LogP contribution is 2.10. The number of unbranched alkanes of at least 4 members (excludes halogenated alkanes) is 9. The predicted molar refractivity (Wildman–Crippen MR) is 82.8 cm³/mol. The minimum atomic E-state index is -0.0570. The van der Waals surface area contributed by atoms with Gasteiger partial charge >= 0.3 is 0 Å². The van der Waals surface area contributed by atoms with Crippen molar-refractivity contribution in [3.8, 4) is 0 Å². The average molecular weight is 279 g/mol. The average Bonchev–Trinajstić information content (AvgIpc) is 2.99. The number of amides is 1. The van der Waals surface area contributed by atoms with Gasteiger partial charge in [0.1, 0.15) is 5.69 Å². The van der Waals surface area contributed by atoms with Crippen LogP contribution in [0.3, 0.4) is 0 Å². The molecule has 1 rings (SSSR count). The third-order valence-corrected chi connectivity index (χ3v) is 3.56. The van der Waals surface area contributed by atoms with Gasteiger partial charge in [0.25, 0.3) is 5.91 Å². The zero-order valence-corrected chi connectivity index (χ0v) is 12.8. The Morgan fingerprint density at radius 3 is 2.20 bits per heavy atom. The summed E-state index contributed by atoms with van der Waals surface area (Å²) in [6, 6.07) is 0. The second-order valence-corrected chi connectivity index (χ2v) is 5.40. The molecule has 1 aromatic rings. The largest absolute Gasteiger partial charge is 0.351 e. The number of carbonyl (C=O) groups excluding carboxylic acids is 1. The number of aromatic nitrogens is 2. The van der Waals surface area contributed by atoms with E-state index in [4.69, 9.17) is 0 Å². The molecule has 0 aromatic carbocycles. The van der Waals surface area contributed by atoms with Crippen molar-refractivity contribution in [1.82, 2.24) is 15.3 Å². The summed E-state index contributed by atoms with van der Waals surface area (Å²) < 4.78 is 0. The third kappa shape index (κ3) is 7.97. The molecular formula is C16H29N3O. The van der Waals surface area contributed by atoms with Crippen LogP contribution in [0.5, 0.6) is 0 Å². The second-order valence-electron chi connectivity index (χ2n) is 5.40. The molecule has 2 N–H and O–H groups in total. The van der Waals surface area contributed by atoms with E-state index in [0.29, 0.717) is 5.69 Å². The Kier molecular flexibility index (Phi) is 9.62. The summed E-state index contributed by atoms with van der Waals surface area (Å²) in [6.07, 6.45) is 16.2. The van der Waals surface area contributed by atoms with Gasteiger partial charge in [-0.15, -0.1) is 0 Å². The van der Waals surface area contributed by atoms with E-state index in [1.165, 1.54) is 64.1 Å². The Balaban J connectivity index is 1.82. The number of rotatable bonds is 12. The molecule has 4 nitrogen and oxygen atoms in total. The van der Waals surface area contributed by atoms with Gasteiger partial charge in [-0.1, -0.05) is 64.7 Å². The molecule has 0 unspecified atom stereocenters. The molecule has 4 heteroatoms. The maximum absolute atomic E-state index is 11.6. The van der Waals surface area contributed by atoms with Gasteiger partial charge in [0, 0.05) is 6.54 Å². The van der Waals surface area contributed by atoms with E-state index < -0.39 is 0 Å². The minimum Gasteiger partial charge on any atom is -0.351 e. The lowest BCUT2D eigenvalue weighted by atomic mass is 10.1. The molecule has 0 radical (unpaired) electrons. The SMILES string of the molecule is CCCCCCCCCCCCNC(=O)c1cnc[nH]1. The van der Waals surface area contributed by atoms with Gasteiger partial charge in [0.2, 0.25) is 0 Å². The molecule has 0 fully saturated rings. The summed E-state index contributed by atoms with van der Waals surface area (Å²) in [6.45, 7) is 3.01. The van der Waals surface area contributed by atoms with Crippen LogP contribution in [0.15, 0.2) is 12.5 Å². The molecule has 0 saturated heterocycles. The van der Waals surface area contributed by atoms with E-state index in [-0.39, 0.29) is 5.91 Å². The minimum absolute atomic E-state index is 0.0570. The molecule has 1 amide bonds. The van der Waals surface area contributed by atoms with Crippen LogP contribution in [-0.2, 0) is 0 Å². The lowest BCUT2D eigenvalue weighted by Crippen LogP contribution is -2.24. The van der Waals surface area contributed by atoms with Crippen molar-refractivity contribution in [2.75, 3.05) is 6.54 Å². The fourth-order valence-electron chi connectivity index (χ4n) is 2.29. The fraction of sp³-hybridized carbons (Fsp3) is 0.750. The number of imidazole rings is 1. The lowest BCUT2D eigenvalue weighted by Gasteiger charge is -2.04. The molecule has 0 aliphatic heterocycles. The van der Waals surface area contributed by atoms with Crippen molar-refractivity contribution in [1.29, 1.82) is 0 Å². The van der Waals surface area contributed by atoms with Gasteiger partial charge in [-0.05, 0) is 6.42 Å². The summed E-state index contributed by atoms with van der Waals surface area (Å²) in [5.41, 5.74) is 0.539. The van der Waals surface area contributed by atoms with E-state index in [9.17, 15) is 4.79 Å². The number of nitrogens with zero attached hydrogens (tertiary/aromatic N) is 1. The second kappa shape index (κ2) is 11.5. The normalized spacial score (nSPS) is 10.7. The van der Waals surface area contributed by atoms with Gasteiger partial charge in [0.05, 0.1) is 12.5 Å². The van der Waals surface area contributed by atoms with Crippen LogP contribution in [0.25, 0.3) is 0 Å². The summed E-state index contributed by atoms with van der Waals surface area (Å²) in [5.74, 6) is -0.0570. The number of nitrogens with one attached hydrogen (secondary N) is 2. The summed E-state index contributed by atoms with van der Waals surface area (Å²) in [4.78, 5) is 18.2. The highest BCUT2D eigenvalue weighted by Gasteiger charge is 2.04. The van der Waals surface area contributed by atoms with Crippen LogP contribution in [0.1, 0.15) is 81.6 Å². The van der Waals surface area contributed by atoms with Crippen LogP contribution in [0.4, 0.5) is 0 Å². The smallest absolute Gasteiger partial charge is 0.269 e. The number of H-pyrrole nitrogens is 1. The van der Waals surface area contributed by atoms with E-state index >= 15 is 0 Å². The first-order valence-corrected chi connectivity index (χ1v) is 8.11. The van der Waals surface area contributed by atoms with Gasteiger partial charge in [-0.2, -0.15) is 0 Å². The van der Waals surface area contributed by atoms with Crippen LogP contribution in [-0.4, -0.2) is 22.4 Å². The number of hydrogen-bond acceptors (Lipinski definition) is 2. The van der Waals surface area contributed by atoms with Crippen molar-refractivity contribution < 1.29 is 4.79 Å². The van der Waals surface area contributed by atoms with Crippen molar-refractivity contribution in [2.45, 2.75) is 71.1 Å². The highest BCUT2D eigenvalue weighted by atomic mass is 16.1. The molecule has 0 saturated carbocycles. The van der Waals surface area contributed by atoms with E-state index in [0.717, 1.165) is 13.0 Å². The van der Waals surface area contributed by atoms with Gasteiger partial charge in [-0.25, -0.2) is 4.98 Å². The zero-order valence-electron chi connectivity index (χ0n) is 12.8. The van der Waals surface area contributed by atoms with Crippen molar-refractivity contribution in [2.24, 2.45) is 0 Å². The Hall–Kier alpha value is -1.32. The zero-order chi connectivity index (χ0) is 14.5. The molecule has 20 heavy (non-hydrogen) atoms. The van der Waals surface area contributed by atoms with Crippen LogP contribution in [0.2, 0.25) is 0 Å². The quantitative estimate of drug-likeness (QED) is 0.567. The molecule has 114 valence electrons. The van der Waals surface area contributed by atoms with Crippen molar-refractivity contribution >= 4 is 5.91 Å². The summed E-state index contributed by atoms with van der Waals surface area (Å²) in [5, 5.41) is 2.90. The summed E-state index contributed by atoms with van der Waals surface area (Å²) in [7, 11) is 0. The lowest BCUT2D eigenvalue weighted by molar-refractivity contribution is 0.0948. The first-order chi connectivity index (χ1) is 9.84. The standard InChI is InChI=1S/C16H29N3O/c1-2-3-4-5-6-7-8-9-10-11-12-18-16(20)15-13-17-14-19-15/h13-14H,2-12H2,1H3,(H,17,19)(H,18,20).